The first-order valence-corrected chi connectivity index (χ1v) is 3.77. The molecule has 0 amide bonds. The molecule has 1 rings (SSSR count). The Morgan fingerprint density at radius 2 is 1.64 bits per heavy atom. The van der Waals surface area contributed by atoms with Crippen LogP contribution in [-0.4, -0.2) is 0 Å². The lowest BCUT2D eigenvalue weighted by atomic mass is 9.99. The summed E-state index contributed by atoms with van der Waals surface area (Å²) in [5.41, 5.74) is 2.86. The molecule has 0 aliphatic rings. The van der Waals surface area contributed by atoms with E-state index in [4.69, 9.17) is 0 Å². The molecule has 62 valence electrons. The minimum Gasteiger partial charge on any atom is -0.344 e. The van der Waals surface area contributed by atoms with Gasteiger partial charge < -0.3 is 6.15 Å². The molecule has 0 heterocycles. The van der Waals surface area contributed by atoms with E-state index in [1.54, 1.807) is 0 Å². The van der Waals surface area contributed by atoms with Crippen LogP contribution in [0.2, 0.25) is 0 Å². The van der Waals surface area contributed by atoms with Gasteiger partial charge in [-0.05, 0) is 24.0 Å². The molecule has 0 aromatic heterocycles. The molecule has 1 aromatic carbocycles. The number of aryl methyl sites for hydroxylation is 1. The second kappa shape index (κ2) is 4.14. The van der Waals surface area contributed by atoms with Gasteiger partial charge in [-0.25, -0.2) is 0 Å². The van der Waals surface area contributed by atoms with E-state index in [9.17, 15) is 0 Å². The van der Waals surface area contributed by atoms with Crippen molar-refractivity contribution in [3.05, 3.63) is 35.4 Å². The molecule has 0 bridgehead atoms. The maximum absolute atomic E-state index is 2.22. The molecule has 0 spiro atoms. The zero-order valence-electron chi connectivity index (χ0n) is 7.59. The first kappa shape index (κ1) is 10.2. The molecule has 0 fully saturated rings. The Labute approximate surface area is 69.0 Å². The fraction of sp³-hybridized carbons (Fsp3) is 0.400. The summed E-state index contributed by atoms with van der Waals surface area (Å²) < 4.78 is 0. The number of benzene rings is 1. The third-order valence-corrected chi connectivity index (χ3v) is 1.81. The molecule has 3 N–H and O–H groups in total. The zero-order chi connectivity index (χ0) is 7.56. The molecular weight excluding hydrogens is 134 g/mol. The summed E-state index contributed by atoms with van der Waals surface area (Å²) in [6, 6.07) is 8.54. The Bertz CT molecular complexity index is 216. The van der Waals surface area contributed by atoms with Gasteiger partial charge in [0.2, 0.25) is 0 Å². The zero-order valence-corrected chi connectivity index (χ0v) is 7.59. The largest absolute Gasteiger partial charge is 0.344 e. The lowest BCUT2D eigenvalue weighted by molar-refractivity contribution is 0.856. The summed E-state index contributed by atoms with van der Waals surface area (Å²) in [6.45, 7) is 6.61. The highest BCUT2D eigenvalue weighted by atomic mass is 14.0. The van der Waals surface area contributed by atoms with Crippen LogP contribution in [0.5, 0.6) is 0 Å². The standard InChI is InChI=1S/C10H14.H3N/c1-8(2)10-7-5-4-6-9(10)3;/h4-8H,1-3H3;1H3. The lowest BCUT2D eigenvalue weighted by Gasteiger charge is -2.07. The smallest absolute Gasteiger partial charge is 0.0216 e. The molecule has 0 radical (unpaired) electrons. The van der Waals surface area contributed by atoms with Crippen LogP contribution in [0.4, 0.5) is 0 Å². The van der Waals surface area contributed by atoms with Gasteiger partial charge in [0.05, 0.1) is 0 Å². The van der Waals surface area contributed by atoms with Gasteiger partial charge in [0.15, 0.2) is 0 Å². The van der Waals surface area contributed by atoms with Crippen LogP contribution in [0.3, 0.4) is 0 Å². The molecule has 0 unspecified atom stereocenters. The third-order valence-electron chi connectivity index (χ3n) is 1.81. The van der Waals surface area contributed by atoms with Crippen LogP contribution >= 0.6 is 0 Å². The SMILES string of the molecule is Cc1ccccc1C(C)C.N. The topological polar surface area (TPSA) is 35.0 Å². The van der Waals surface area contributed by atoms with Crippen molar-refractivity contribution >= 4 is 0 Å². The van der Waals surface area contributed by atoms with Crippen molar-refractivity contribution in [3.8, 4) is 0 Å². The summed E-state index contributed by atoms with van der Waals surface area (Å²) in [7, 11) is 0. The summed E-state index contributed by atoms with van der Waals surface area (Å²) in [5.74, 6) is 0.654. The molecule has 0 aliphatic heterocycles. The van der Waals surface area contributed by atoms with Gasteiger partial charge in [-0.1, -0.05) is 38.1 Å². The van der Waals surface area contributed by atoms with Crippen LogP contribution in [0.25, 0.3) is 0 Å². The highest BCUT2D eigenvalue weighted by Crippen LogP contribution is 2.17. The van der Waals surface area contributed by atoms with Crippen LogP contribution in [0.15, 0.2) is 24.3 Å². The minimum absolute atomic E-state index is 0. The van der Waals surface area contributed by atoms with Gasteiger partial charge in [-0.3, -0.25) is 0 Å². The first-order chi connectivity index (χ1) is 4.72. The lowest BCUT2D eigenvalue weighted by Crippen LogP contribution is -1.89. The normalized spacial score (nSPS) is 9.45. The molecule has 0 atom stereocenters. The van der Waals surface area contributed by atoms with Crippen molar-refractivity contribution in [2.75, 3.05) is 0 Å². The molecular formula is C10H17N. The van der Waals surface area contributed by atoms with Crippen LogP contribution in [0, 0.1) is 6.92 Å². The van der Waals surface area contributed by atoms with Crippen molar-refractivity contribution in [3.63, 3.8) is 0 Å². The van der Waals surface area contributed by atoms with E-state index in [-0.39, 0.29) is 6.15 Å². The van der Waals surface area contributed by atoms with Crippen LogP contribution in [0.1, 0.15) is 30.9 Å². The van der Waals surface area contributed by atoms with Crippen LogP contribution < -0.4 is 6.15 Å². The predicted molar refractivity (Wildman–Crippen MR) is 50.3 cm³/mol. The van der Waals surface area contributed by atoms with E-state index in [2.05, 4.69) is 45.0 Å². The molecule has 1 aromatic rings. The molecule has 0 aliphatic carbocycles. The summed E-state index contributed by atoms with van der Waals surface area (Å²) >= 11 is 0. The van der Waals surface area contributed by atoms with Crippen molar-refractivity contribution in [2.24, 2.45) is 0 Å². The number of hydrogen-bond acceptors (Lipinski definition) is 1. The fourth-order valence-corrected chi connectivity index (χ4v) is 1.23. The Balaban J connectivity index is 0.000001000. The summed E-state index contributed by atoms with van der Waals surface area (Å²) in [5, 5.41) is 0. The van der Waals surface area contributed by atoms with Gasteiger partial charge >= 0.3 is 0 Å². The molecule has 1 heteroatoms. The Hall–Kier alpha value is -0.820. The Kier molecular flexibility index (Phi) is 3.83. The fourth-order valence-electron chi connectivity index (χ4n) is 1.23. The van der Waals surface area contributed by atoms with Gasteiger partial charge in [0, 0.05) is 0 Å². The Morgan fingerprint density at radius 1 is 1.09 bits per heavy atom. The van der Waals surface area contributed by atoms with E-state index in [1.807, 2.05) is 0 Å². The van der Waals surface area contributed by atoms with Crippen molar-refractivity contribution < 1.29 is 0 Å². The summed E-state index contributed by atoms with van der Waals surface area (Å²) in [4.78, 5) is 0. The first-order valence-electron chi connectivity index (χ1n) is 3.77. The average molecular weight is 151 g/mol. The van der Waals surface area contributed by atoms with E-state index in [0.717, 1.165) is 0 Å². The molecule has 0 saturated heterocycles. The average Bonchev–Trinajstić information content (AvgIpc) is 1.88. The van der Waals surface area contributed by atoms with E-state index >= 15 is 0 Å². The molecule has 11 heavy (non-hydrogen) atoms. The van der Waals surface area contributed by atoms with Crippen molar-refractivity contribution in [1.29, 1.82) is 0 Å². The summed E-state index contributed by atoms with van der Waals surface area (Å²) in [6.07, 6.45) is 0. The van der Waals surface area contributed by atoms with Crippen LogP contribution in [-0.2, 0) is 0 Å². The monoisotopic (exact) mass is 151 g/mol. The maximum Gasteiger partial charge on any atom is -0.0216 e. The minimum atomic E-state index is 0. The maximum atomic E-state index is 2.22. The van der Waals surface area contributed by atoms with Crippen molar-refractivity contribution in [2.45, 2.75) is 26.7 Å². The van der Waals surface area contributed by atoms with E-state index in [0.29, 0.717) is 5.92 Å². The van der Waals surface area contributed by atoms with Gasteiger partial charge in [-0.2, -0.15) is 0 Å². The van der Waals surface area contributed by atoms with E-state index in [1.165, 1.54) is 11.1 Å². The van der Waals surface area contributed by atoms with Gasteiger partial charge in [0.1, 0.15) is 0 Å². The number of rotatable bonds is 1. The molecule has 1 nitrogen and oxygen atoms in total. The third kappa shape index (κ3) is 2.35. The van der Waals surface area contributed by atoms with Crippen molar-refractivity contribution in [1.82, 2.24) is 6.15 Å². The highest BCUT2D eigenvalue weighted by Gasteiger charge is 1.99. The Morgan fingerprint density at radius 3 is 2.00 bits per heavy atom. The second-order valence-electron chi connectivity index (χ2n) is 3.01. The van der Waals surface area contributed by atoms with Gasteiger partial charge in [-0.15, -0.1) is 0 Å². The van der Waals surface area contributed by atoms with Gasteiger partial charge in [0.25, 0.3) is 0 Å². The second-order valence-corrected chi connectivity index (χ2v) is 3.01. The number of hydrogen-bond donors (Lipinski definition) is 1. The van der Waals surface area contributed by atoms with E-state index < -0.39 is 0 Å². The predicted octanol–water partition coefficient (Wildman–Crippen LogP) is 3.28. The molecule has 0 saturated carbocycles. The highest BCUT2D eigenvalue weighted by molar-refractivity contribution is 5.27. The quantitative estimate of drug-likeness (QED) is 0.656.